The Kier molecular flexibility index (Phi) is 7.54. The van der Waals surface area contributed by atoms with Crippen LogP contribution in [0.5, 0.6) is 0 Å². The standard InChI is InChI=1S/C17H21.2ClH.Zr/c1-2-3-4-6-13-9-10-16-11-14-7-5-8-15(14)12-17(13)16;;;/h9-12H,2-8H2,1H3;2*1H;. The van der Waals surface area contributed by atoms with Crippen LogP contribution in [0.2, 0.25) is 0 Å². The number of hydrogen-bond acceptors (Lipinski definition) is 0. The summed E-state index contributed by atoms with van der Waals surface area (Å²) in [5.41, 5.74) is 8.17. The molecule has 109 valence electrons. The maximum Gasteiger partial charge on any atom is -0.147 e. The first-order valence-corrected chi connectivity index (χ1v) is 8.79. The van der Waals surface area contributed by atoms with Gasteiger partial charge < -0.3 is 0 Å². The van der Waals surface area contributed by atoms with Crippen LogP contribution < -0.4 is 0 Å². The largest absolute Gasteiger partial charge is 0.147 e. The molecule has 3 rings (SSSR count). The van der Waals surface area contributed by atoms with Crippen molar-refractivity contribution in [3.8, 4) is 0 Å². The van der Waals surface area contributed by atoms with Crippen LogP contribution in [-0.4, -0.2) is 0 Å². The summed E-state index contributed by atoms with van der Waals surface area (Å²) in [7, 11) is 0. The van der Waals surface area contributed by atoms with Crippen molar-refractivity contribution >= 4 is 30.4 Å². The van der Waals surface area contributed by atoms with Gasteiger partial charge in [-0.2, -0.15) is 0 Å². The second-order valence-corrected chi connectivity index (χ2v) is 7.22. The Morgan fingerprint density at radius 3 is 2.50 bits per heavy atom. The first-order chi connectivity index (χ1) is 8.79. The van der Waals surface area contributed by atoms with E-state index in [9.17, 15) is 0 Å². The molecule has 0 amide bonds. The molecule has 0 N–H and O–H groups in total. The molecule has 1 atom stereocenters. The Morgan fingerprint density at radius 1 is 1.10 bits per heavy atom. The van der Waals surface area contributed by atoms with E-state index in [1.807, 2.05) is 0 Å². The summed E-state index contributed by atoms with van der Waals surface area (Å²) in [6.45, 7) is 2.29. The second-order valence-electron chi connectivity index (χ2n) is 5.69. The Hall–Kier alpha value is 0.423. The molecule has 20 heavy (non-hydrogen) atoms. The van der Waals surface area contributed by atoms with Gasteiger partial charge >= 0.3 is 126 Å². The van der Waals surface area contributed by atoms with Gasteiger partial charge in [0.2, 0.25) is 0 Å². The molecular formula is C17H23Cl2Zr. The summed E-state index contributed by atoms with van der Waals surface area (Å²) < 4.78 is 0.731. The minimum Gasteiger partial charge on any atom is -0.147 e. The quantitative estimate of drug-likeness (QED) is 0.590. The van der Waals surface area contributed by atoms with Crippen LogP contribution in [0.15, 0.2) is 18.2 Å². The number of unbranched alkanes of at least 4 members (excludes halogenated alkanes) is 2. The van der Waals surface area contributed by atoms with Crippen molar-refractivity contribution in [2.75, 3.05) is 0 Å². The molecule has 0 aliphatic heterocycles. The molecule has 0 bridgehead atoms. The number of fused-ring (bicyclic) bond motifs is 2. The Bertz CT molecular complexity index is 494. The van der Waals surface area contributed by atoms with Gasteiger partial charge in [0.25, 0.3) is 0 Å². The molecule has 0 nitrogen and oxygen atoms in total. The van der Waals surface area contributed by atoms with Crippen molar-refractivity contribution < 1.29 is 24.7 Å². The molecule has 1 unspecified atom stereocenters. The molecule has 0 spiro atoms. The van der Waals surface area contributed by atoms with Gasteiger partial charge in [0, 0.05) is 0 Å². The number of hydrogen-bond donors (Lipinski definition) is 0. The van der Waals surface area contributed by atoms with E-state index in [1.54, 1.807) is 52.5 Å². The zero-order valence-electron chi connectivity index (χ0n) is 12.1. The number of allylic oxidation sites excluding steroid dienone is 2. The van der Waals surface area contributed by atoms with Gasteiger partial charge in [0.15, 0.2) is 0 Å². The average molecular weight is 390 g/mol. The minimum atomic E-state index is 0. The summed E-state index contributed by atoms with van der Waals surface area (Å²) in [5.74, 6) is 0. The molecule has 3 heteroatoms. The molecular weight excluding hydrogens is 366 g/mol. The zero-order valence-corrected chi connectivity index (χ0v) is 16.2. The minimum absolute atomic E-state index is 0. The van der Waals surface area contributed by atoms with E-state index in [-0.39, 0.29) is 24.8 Å². The summed E-state index contributed by atoms with van der Waals surface area (Å²) in [6, 6.07) is 5.06. The van der Waals surface area contributed by atoms with Crippen molar-refractivity contribution in [3.63, 3.8) is 0 Å². The maximum atomic E-state index is 2.55. The van der Waals surface area contributed by atoms with Crippen LogP contribution in [-0.2, 0) is 37.6 Å². The Labute approximate surface area is 150 Å². The van der Waals surface area contributed by atoms with Gasteiger partial charge in [-0.3, -0.25) is 0 Å². The molecule has 0 radical (unpaired) electrons. The summed E-state index contributed by atoms with van der Waals surface area (Å²) in [5, 5.41) is 0. The second kappa shape index (κ2) is 8.16. The van der Waals surface area contributed by atoms with Crippen LogP contribution in [0.4, 0.5) is 0 Å². The Morgan fingerprint density at radius 2 is 1.80 bits per heavy atom. The van der Waals surface area contributed by atoms with Gasteiger partial charge in [0.1, 0.15) is 0 Å². The van der Waals surface area contributed by atoms with E-state index < -0.39 is 0 Å². The Balaban J connectivity index is 0.000001000. The average Bonchev–Trinajstić information content (AvgIpc) is 2.93. The van der Waals surface area contributed by atoms with Gasteiger partial charge in [-0.25, -0.2) is 0 Å². The molecule has 1 aromatic carbocycles. The number of rotatable bonds is 4. The van der Waals surface area contributed by atoms with E-state index in [2.05, 4.69) is 25.1 Å². The smallest absolute Gasteiger partial charge is 0.147 e. The molecule has 0 fully saturated rings. The van der Waals surface area contributed by atoms with Gasteiger partial charge in [-0.1, -0.05) is 0 Å². The van der Waals surface area contributed by atoms with E-state index in [1.165, 1.54) is 44.9 Å². The molecule has 0 aromatic heterocycles. The third-order valence-electron chi connectivity index (χ3n) is 4.36. The van der Waals surface area contributed by atoms with Gasteiger partial charge in [-0.05, 0) is 0 Å². The molecule has 2 aliphatic rings. The van der Waals surface area contributed by atoms with Crippen LogP contribution in [0.25, 0.3) is 5.57 Å². The molecule has 2 aliphatic carbocycles. The van der Waals surface area contributed by atoms with E-state index in [0.29, 0.717) is 0 Å². The van der Waals surface area contributed by atoms with Crippen molar-refractivity contribution in [1.29, 1.82) is 0 Å². The molecule has 0 saturated carbocycles. The number of halogens is 2. The van der Waals surface area contributed by atoms with E-state index in [4.69, 9.17) is 0 Å². The first kappa shape index (κ1) is 18.5. The van der Waals surface area contributed by atoms with Crippen molar-refractivity contribution in [2.24, 2.45) is 0 Å². The monoisotopic (exact) mass is 387 g/mol. The fraction of sp³-hybridized carbons (Fsp3) is 0.529. The number of benzene rings is 1. The van der Waals surface area contributed by atoms with Crippen LogP contribution >= 0.6 is 24.8 Å². The third-order valence-corrected chi connectivity index (χ3v) is 5.54. The predicted molar refractivity (Wildman–Crippen MR) is 87.8 cm³/mol. The maximum absolute atomic E-state index is 2.55. The van der Waals surface area contributed by atoms with Gasteiger partial charge in [0.05, 0.1) is 0 Å². The molecule has 0 heterocycles. The normalized spacial score (nSPS) is 18.6. The fourth-order valence-electron chi connectivity index (χ4n) is 3.34. The molecule has 0 saturated heterocycles. The number of aryl methyl sites for hydroxylation is 2. The predicted octanol–water partition coefficient (Wildman–Crippen LogP) is 5.58. The van der Waals surface area contributed by atoms with Crippen LogP contribution in [0.3, 0.4) is 0 Å². The van der Waals surface area contributed by atoms with Crippen molar-refractivity contribution in [1.82, 2.24) is 0 Å². The SMILES string of the molecule is CCCCCC1=C[CH]([Zr])c2cc3c(cc21)CCC3.Cl.Cl. The molecule has 1 aromatic rings. The van der Waals surface area contributed by atoms with Crippen molar-refractivity contribution in [2.45, 2.75) is 55.5 Å². The first-order valence-electron chi connectivity index (χ1n) is 7.37. The summed E-state index contributed by atoms with van der Waals surface area (Å²) in [4.78, 5) is 0. The topological polar surface area (TPSA) is 0 Å². The van der Waals surface area contributed by atoms with Crippen molar-refractivity contribution in [3.05, 3.63) is 40.5 Å². The summed E-state index contributed by atoms with van der Waals surface area (Å²) in [6.07, 6.45) is 11.9. The van der Waals surface area contributed by atoms with E-state index in [0.717, 1.165) is 3.63 Å². The fourth-order valence-corrected chi connectivity index (χ4v) is 4.42. The van der Waals surface area contributed by atoms with E-state index >= 15 is 0 Å². The third kappa shape index (κ3) is 3.60. The zero-order chi connectivity index (χ0) is 12.5. The van der Waals surface area contributed by atoms with Crippen LogP contribution in [0, 0.1) is 0 Å². The van der Waals surface area contributed by atoms with Gasteiger partial charge in [-0.15, -0.1) is 24.8 Å². The summed E-state index contributed by atoms with van der Waals surface area (Å²) >= 11 is 1.65. The van der Waals surface area contributed by atoms with Crippen LogP contribution in [0.1, 0.15) is 64.9 Å².